The van der Waals surface area contributed by atoms with Crippen LogP contribution in [-0.2, 0) is 16.2 Å². The Morgan fingerprint density at radius 2 is 0.636 bits per heavy atom. The van der Waals surface area contributed by atoms with Gasteiger partial charge in [0.1, 0.15) is 0 Å². The maximum absolute atomic E-state index is 2.42. The van der Waals surface area contributed by atoms with Gasteiger partial charge in [0, 0.05) is 0 Å². The Bertz CT molecular complexity index is 822. The Morgan fingerprint density at radius 3 is 0.864 bits per heavy atom. The van der Waals surface area contributed by atoms with Crippen LogP contribution in [0, 0.1) is 26.2 Å². The molecule has 1 saturated carbocycles. The number of hydrogen-bond donors (Lipinski definition) is 0. The molecule has 2 aromatic rings. The molecule has 0 spiro atoms. The predicted molar refractivity (Wildman–Crippen MR) is 214 cm³/mol. The molecule has 1 fully saturated rings. The van der Waals surface area contributed by atoms with Crippen LogP contribution in [0.3, 0.4) is 0 Å². The second kappa shape index (κ2) is 28.9. The fraction of sp³-hybridized carbons (Fsp3) is 0.727. The van der Waals surface area contributed by atoms with Gasteiger partial charge in [0.25, 0.3) is 0 Å². The highest BCUT2D eigenvalue weighted by molar-refractivity contribution is 5.39. The van der Waals surface area contributed by atoms with Gasteiger partial charge in [0.15, 0.2) is 0 Å². The maximum Gasteiger partial charge on any atom is -0.00744 e. The molecule has 0 nitrogen and oxygen atoms in total. The van der Waals surface area contributed by atoms with Crippen LogP contribution in [-0.4, -0.2) is 0 Å². The fourth-order valence-corrected chi connectivity index (χ4v) is 3.45. The molecule has 1 aliphatic carbocycles. The van der Waals surface area contributed by atoms with Gasteiger partial charge in [0.05, 0.1) is 0 Å². The van der Waals surface area contributed by atoms with E-state index in [1.807, 2.05) is 83.1 Å². The van der Waals surface area contributed by atoms with Crippen molar-refractivity contribution in [2.75, 3.05) is 0 Å². The second-order valence-corrected chi connectivity index (χ2v) is 14.0. The Labute approximate surface area is 283 Å². The molecule has 264 valence electrons. The summed E-state index contributed by atoms with van der Waals surface area (Å²) < 4.78 is 0. The largest absolute Gasteiger partial charge is 0.0683 e. The number of benzene rings is 2. The van der Waals surface area contributed by atoms with Crippen LogP contribution in [0.5, 0.6) is 0 Å². The van der Waals surface area contributed by atoms with Crippen LogP contribution in [0.25, 0.3) is 0 Å². The second-order valence-electron chi connectivity index (χ2n) is 14.0. The molecule has 0 radical (unpaired) electrons. The normalized spacial score (nSPS) is 11.9. The van der Waals surface area contributed by atoms with Gasteiger partial charge in [0.2, 0.25) is 0 Å². The van der Waals surface area contributed by atoms with Crippen molar-refractivity contribution < 1.29 is 0 Å². The third-order valence-electron chi connectivity index (χ3n) is 5.73. The molecule has 0 heteroatoms. The molecule has 0 amide bonds. The van der Waals surface area contributed by atoms with Crippen molar-refractivity contribution in [2.24, 2.45) is 5.41 Å². The molecule has 44 heavy (non-hydrogen) atoms. The molecule has 0 aliphatic heterocycles. The molecule has 3 rings (SSSR count). The summed E-state index contributed by atoms with van der Waals surface area (Å²) in [4.78, 5) is 0. The monoisotopic (exact) mass is 617 g/mol. The van der Waals surface area contributed by atoms with E-state index in [1.54, 1.807) is 5.56 Å². The highest BCUT2D eigenvalue weighted by atomic mass is 14.4. The molecule has 0 bridgehead atoms. The smallest absolute Gasteiger partial charge is 0.00744 e. The van der Waals surface area contributed by atoms with Gasteiger partial charge >= 0.3 is 0 Å². The summed E-state index contributed by atoms with van der Waals surface area (Å²) in [7, 11) is 0. The zero-order chi connectivity index (χ0) is 37.1. The van der Waals surface area contributed by atoms with Crippen molar-refractivity contribution in [3.05, 3.63) is 69.8 Å². The lowest BCUT2D eigenvalue weighted by molar-refractivity contribution is 0.469. The minimum atomic E-state index is 0.270. The highest BCUT2D eigenvalue weighted by Gasteiger charge is 2.39. The van der Waals surface area contributed by atoms with Crippen LogP contribution in [0.4, 0.5) is 0 Å². The minimum absolute atomic E-state index is 0.270. The standard InChI is InChI=1S/C15H22.C12H18.C5H12.6C2H6/c1-11-8-12(14(2,3)4)10-13(9-11)15(5)6-7-15;1-9-6-10(2)8-11(7-9)12(3,4)5;1-5(2,3)4;6*1-2/h8-10H,6-7H2,1-5H3;6-8H,1-5H3;1-4H3;6*1-2H3. The zero-order valence-corrected chi connectivity index (χ0v) is 35.9. The van der Waals surface area contributed by atoms with Gasteiger partial charge in [-0.25, -0.2) is 0 Å². The summed E-state index contributed by atoms with van der Waals surface area (Å²) >= 11 is 0. The Morgan fingerprint density at radius 1 is 0.409 bits per heavy atom. The van der Waals surface area contributed by atoms with Crippen molar-refractivity contribution in [1.82, 2.24) is 0 Å². The van der Waals surface area contributed by atoms with E-state index in [9.17, 15) is 0 Å². The summed E-state index contributed by atoms with van der Waals surface area (Å²) in [6.45, 7) is 55.3. The van der Waals surface area contributed by atoms with Crippen LogP contribution in [0.2, 0.25) is 0 Å². The van der Waals surface area contributed by atoms with Gasteiger partial charge in [-0.2, -0.15) is 0 Å². The van der Waals surface area contributed by atoms with Gasteiger partial charge in [-0.3, -0.25) is 0 Å². The van der Waals surface area contributed by atoms with Crippen LogP contribution < -0.4 is 0 Å². The molecule has 0 unspecified atom stereocenters. The van der Waals surface area contributed by atoms with E-state index >= 15 is 0 Å². The van der Waals surface area contributed by atoms with Gasteiger partial charge in [-0.1, -0.05) is 212 Å². The Balaban J connectivity index is -0.000000111. The van der Waals surface area contributed by atoms with Gasteiger partial charge in [-0.05, 0) is 72.0 Å². The summed E-state index contributed by atoms with van der Waals surface area (Å²) in [6.07, 6.45) is 2.72. The number of aryl methyl sites for hydroxylation is 3. The SMILES string of the molecule is CC.CC.CC.CC.CC.CC.CC(C)(C)C.Cc1cc(C(C)(C)C)cc(C2(C)CC2)c1.Cc1cc(C)cc(C(C)(C)C)c1. The average molecular weight is 617 g/mol. The lowest BCUT2D eigenvalue weighted by Crippen LogP contribution is -2.13. The lowest BCUT2D eigenvalue weighted by Gasteiger charge is -2.22. The molecule has 0 saturated heterocycles. The third-order valence-corrected chi connectivity index (χ3v) is 5.73. The first kappa shape index (κ1) is 54.9. The Kier molecular flexibility index (Phi) is 36.0. The summed E-state index contributed by atoms with van der Waals surface area (Å²) in [5.74, 6) is 0. The van der Waals surface area contributed by atoms with Crippen LogP contribution >= 0.6 is 0 Å². The molecule has 0 aromatic heterocycles. The molecule has 0 heterocycles. The van der Waals surface area contributed by atoms with E-state index < -0.39 is 0 Å². The van der Waals surface area contributed by atoms with E-state index in [0.29, 0.717) is 10.8 Å². The number of rotatable bonds is 1. The molecule has 2 aromatic carbocycles. The summed E-state index contributed by atoms with van der Waals surface area (Å²) in [5.41, 5.74) is 10.1. The predicted octanol–water partition coefficient (Wildman–Crippen LogP) is 16.2. The van der Waals surface area contributed by atoms with E-state index in [4.69, 9.17) is 0 Å². The molecule has 0 atom stereocenters. The van der Waals surface area contributed by atoms with E-state index in [0.717, 1.165) is 0 Å². The van der Waals surface area contributed by atoms with Crippen LogP contribution in [0.15, 0.2) is 36.4 Å². The van der Waals surface area contributed by atoms with Crippen molar-refractivity contribution >= 4 is 0 Å². The number of hydrogen-bond acceptors (Lipinski definition) is 0. The minimum Gasteiger partial charge on any atom is -0.0683 e. The van der Waals surface area contributed by atoms with Crippen molar-refractivity contribution in [3.8, 4) is 0 Å². The fourth-order valence-electron chi connectivity index (χ4n) is 3.45. The zero-order valence-electron chi connectivity index (χ0n) is 35.9. The first-order chi connectivity index (χ1) is 20.2. The van der Waals surface area contributed by atoms with E-state index in [1.165, 1.54) is 40.7 Å². The van der Waals surface area contributed by atoms with Crippen molar-refractivity contribution in [1.29, 1.82) is 0 Å². The topological polar surface area (TPSA) is 0 Å². The molecule has 1 aliphatic rings. The quantitative estimate of drug-likeness (QED) is 0.299. The molecule has 0 N–H and O–H groups in total. The van der Waals surface area contributed by atoms with Crippen molar-refractivity contribution in [3.63, 3.8) is 0 Å². The maximum atomic E-state index is 2.42. The van der Waals surface area contributed by atoms with Gasteiger partial charge in [-0.15, -0.1) is 0 Å². The first-order valence-corrected chi connectivity index (χ1v) is 18.4. The van der Waals surface area contributed by atoms with Crippen molar-refractivity contribution in [2.45, 2.75) is 209 Å². The molecular formula is C44H88. The average Bonchev–Trinajstić information content (AvgIpc) is 3.71. The lowest BCUT2D eigenvalue weighted by atomic mass is 9.83. The highest BCUT2D eigenvalue weighted by Crippen LogP contribution is 2.48. The van der Waals surface area contributed by atoms with E-state index in [2.05, 4.69) is 133 Å². The van der Waals surface area contributed by atoms with Crippen LogP contribution in [0.1, 0.15) is 205 Å². The molecular weight excluding hydrogens is 528 g/mol. The van der Waals surface area contributed by atoms with E-state index in [-0.39, 0.29) is 10.8 Å². The third kappa shape index (κ3) is 30.5. The summed E-state index contributed by atoms with van der Waals surface area (Å²) in [6, 6.07) is 13.9. The Hall–Kier alpha value is -1.56. The summed E-state index contributed by atoms with van der Waals surface area (Å²) in [5, 5.41) is 0. The van der Waals surface area contributed by atoms with Gasteiger partial charge < -0.3 is 0 Å². The first-order valence-electron chi connectivity index (χ1n) is 18.4.